The van der Waals surface area contributed by atoms with Crippen molar-refractivity contribution < 1.29 is 18.0 Å². The van der Waals surface area contributed by atoms with E-state index in [9.17, 15) is 18.0 Å². The number of hydrogen-bond acceptors (Lipinski definition) is 4. The van der Waals surface area contributed by atoms with Crippen LogP contribution >= 0.6 is 0 Å². The average Bonchev–Trinajstić information content (AvgIpc) is 2.73. The fraction of sp³-hybridized carbons (Fsp3) is 0.364. The van der Waals surface area contributed by atoms with Crippen LogP contribution in [-0.2, 0) is 14.8 Å². The third kappa shape index (κ3) is 6.40. The molecule has 0 atom stereocenters. The molecule has 0 radical (unpaired) electrons. The number of hydrogen-bond donors (Lipinski definition) is 3. The van der Waals surface area contributed by atoms with E-state index in [0.29, 0.717) is 29.9 Å². The average molecular weight is 432 g/mol. The number of amides is 2. The van der Waals surface area contributed by atoms with E-state index in [1.165, 1.54) is 24.3 Å². The summed E-state index contributed by atoms with van der Waals surface area (Å²) < 4.78 is 26.8. The van der Waals surface area contributed by atoms with Gasteiger partial charge in [-0.25, -0.2) is 13.1 Å². The zero-order valence-electron chi connectivity index (χ0n) is 17.6. The third-order valence-corrected chi connectivity index (χ3v) is 6.19. The Morgan fingerprint density at radius 2 is 1.57 bits per heavy atom. The first-order valence-electron chi connectivity index (χ1n) is 10.1. The molecule has 0 aliphatic rings. The summed E-state index contributed by atoms with van der Waals surface area (Å²) in [6.07, 6.45) is 2.20. The van der Waals surface area contributed by atoms with Crippen LogP contribution in [0.5, 0.6) is 0 Å². The molecular formula is C22H29N3O4S. The first-order valence-corrected chi connectivity index (χ1v) is 11.6. The van der Waals surface area contributed by atoms with Gasteiger partial charge in [0.2, 0.25) is 15.9 Å². The minimum absolute atomic E-state index is 0.0639. The van der Waals surface area contributed by atoms with Gasteiger partial charge in [0.1, 0.15) is 0 Å². The molecule has 2 aromatic carbocycles. The molecule has 0 aliphatic carbocycles. The maximum Gasteiger partial charge on any atom is 0.255 e. The van der Waals surface area contributed by atoms with E-state index < -0.39 is 10.0 Å². The van der Waals surface area contributed by atoms with Crippen molar-refractivity contribution in [2.75, 3.05) is 17.2 Å². The zero-order valence-corrected chi connectivity index (χ0v) is 18.4. The number of sulfonamides is 1. The number of rotatable bonds is 10. The highest BCUT2D eigenvalue weighted by molar-refractivity contribution is 7.89. The number of benzene rings is 2. The molecule has 30 heavy (non-hydrogen) atoms. The van der Waals surface area contributed by atoms with Crippen LogP contribution in [0.15, 0.2) is 53.4 Å². The summed E-state index contributed by atoms with van der Waals surface area (Å²) in [6, 6.07) is 12.7. The standard InChI is InChI=1S/C22H29N3O4S/c1-4-14-23-30(28,29)20-12-10-18(11-13-20)24-22(27)17-8-7-9-19(15-17)25-21(26)16(5-2)6-3/h7-13,15-16,23H,4-6,14H2,1-3H3,(H,24,27)(H,25,26). The van der Waals surface area contributed by atoms with Crippen molar-refractivity contribution in [2.45, 2.75) is 44.9 Å². The van der Waals surface area contributed by atoms with Crippen molar-refractivity contribution in [3.8, 4) is 0 Å². The lowest BCUT2D eigenvalue weighted by molar-refractivity contribution is -0.120. The van der Waals surface area contributed by atoms with Crippen LogP contribution < -0.4 is 15.4 Å². The highest BCUT2D eigenvalue weighted by Gasteiger charge is 2.16. The predicted molar refractivity (Wildman–Crippen MR) is 119 cm³/mol. The van der Waals surface area contributed by atoms with Crippen LogP contribution in [0.3, 0.4) is 0 Å². The van der Waals surface area contributed by atoms with Gasteiger partial charge in [0, 0.05) is 29.4 Å². The molecule has 2 aromatic rings. The van der Waals surface area contributed by atoms with Crippen molar-refractivity contribution in [1.82, 2.24) is 4.72 Å². The van der Waals surface area contributed by atoms with Crippen molar-refractivity contribution in [2.24, 2.45) is 5.92 Å². The molecule has 8 heteroatoms. The normalized spacial score (nSPS) is 11.3. The van der Waals surface area contributed by atoms with Crippen LogP contribution in [0.4, 0.5) is 11.4 Å². The van der Waals surface area contributed by atoms with E-state index in [2.05, 4.69) is 15.4 Å². The monoisotopic (exact) mass is 431 g/mol. The van der Waals surface area contributed by atoms with Gasteiger partial charge in [-0.05, 0) is 61.7 Å². The molecule has 0 aliphatic heterocycles. The SMILES string of the molecule is CCCNS(=O)(=O)c1ccc(NC(=O)c2cccc(NC(=O)C(CC)CC)c2)cc1. The Morgan fingerprint density at radius 3 is 2.17 bits per heavy atom. The fourth-order valence-corrected chi connectivity index (χ4v) is 4.02. The second-order valence-corrected chi connectivity index (χ2v) is 8.73. The Morgan fingerprint density at radius 1 is 0.900 bits per heavy atom. The quantitative estimate of drug-likeness (QED) is 0.529. The van der Waals surface area contributed by atoms with Crippen molar-refractivity contribution >= 4 is 33.2 Å². The minimum Gasteiger partial charge on any atom is -0.326 e. The highest BCUT2D eigenvalue weighted by Crippen LogP contribution is 2.18. The molecule has 0 heterocycles. The van der Waals surface area contributed by atoms with Gasteiger partial charge < -0.3 is 10.6 Å². The fourth-order valence-electron chi connectivity index (χ4n) is 2.88. The van der Waals surface area contributed by atoms with Gasteiger partial charge >= 0.3 is 0 Å². The summed E-state index contributed by atoms with van der Waals surface area (Å²) in [4.78, 5) is 25.0. The molecule has 2 rings (SSSR count). The molecule has 162 valence electrons. The van der Waals surface area contributed by atoms with Crippen LogP contribution in [0.2, 0.25) is 0 Å². The second kappa shape index (κ2) is 10.9. The highest BCUT2D eigenvalue weighted by atomic mass is 32.2. The van der Waals surface area contributed by atoms with Crippen LogP contribution in [-0.4, -0.2) is 26.8 Å². The first-order chi connectivity index (χ1) is 14.3. The van der Waals surface area contributed by atoms with Crippen molar-refractivity contribution in [3.05, 3.63) is 54.1 Å². The second-order valence-electron chi connectivity index (χ2n) is 6.96. The van der Waals surface area contributed by atoms with Gasteiger partial charge in [0.25, 0.3) is 5.91 Å². The van der Waals surface area contributed by atoms with Crippen LogP contribution in [0, 0.1) is 5.92 Å². The van der Waals surface area contributed by atoms with E-state index in [0.717, 1.165) is 12.8 Å². The van der Waals surface area contributed by atoms with Crippen LogP contribution in [0.25, 0.3) is 0 Å². The van der Waals surface area contributed by atoms with E-state index in [1.807, 2.05) is 20.8 Å². The summed E-state index contributed by atoms with van der Waals surface area (Å²) in [7, 11) is -3.55. The van der Waals surface area contributed by atoms with Gasteiger partial charge in [-0.2, -0.15) is 0 Å². The lowest BCUT2D eigenvalue weighted by Crippen LogP contribution is -2.24. The third-order valence-electron chi connectivity index (χ3n) is 4.71. The molecule has 0 aromatic heterocycles. The molecule has 0 saturated carbocycles. The molecule has 7 nitrogen and oxygen atoms in total. The molecular weight excluding hydrogens is 402 g/mol. The molecule has 0 bridgehead atoms. The maximum absolute atomic E-state index is 12.6. The molecule has 0 saturated heterocycles. The number of carbonyl (C=O) groups is 2. The Kier molecular flexibility index (Phi) is 8.56. The predicted octanol–water partition coefficient (Wildman–Crippen LogP) is 4.00. The molecule has 3 N–H and O–H groups in total. The Bertz CT molecular complexity index is 968. The largest absolute Gasteiger partial charge is 0.326 e. The first kappa shape index (κ1) is 23.6. The Balaban J connectivity index is 2.07. The van der Waals surface area contributed by atoms with Gasteiger partial charge in [-0.3, -0.25) is 9.59 Å². The summed E-state index contributed by atoms with van der Waals surface area (Å²) in [6.45, 7) is 6.18. The zero-order chi connectivity index (χ0) is 22.1. The van der Waals surface area contributed by atoms with Gasteiger partial charge in [-0.15, -0.1) is 0 Å². The van der Waals surface area contributed by atoms with E-state index in [-0.39, 0.29) is 22.6 Å². The summed E-state index contributed by atoms with van der Waals surface area (Å²) in [5.41, 5.74) is 1.42. The number of nitrogens with one attached hydrogen (secondary N) is 3. The topological polar surface area (TPSA) is 104 Å². The van der Waals surface area contributed by atoms with Gasteiger partial charge in [0.05, 0.1) is 4.90 Å². The Hall–Kier alpha value is -2.71. The lowest BCUT2D eigenvalue weighted by atomic mass is 10.0. The number of anilines is 2. The summed E-state index contributed by atoms with van der Waals surface area (Å²) >= 11 is 0. The van der Waals surface area contributed by atoms with E-state index >= 15 is 0 Å². The smallest absolute Gasteiger partial charge is 0.255 e. The molecule has 0 spiro atoms. The Labute approximate surface area is 178 Å². The summed E-state index contributed by atoms with van der Waals surface area (Å²) in [5, 5.41) is 5.59. The van der Waals surface area contributed by atoms with E-state index in [4.69, 9.17) is 0 Å². The van der Waals surface area contributed by atoms with Gasteiger partial charge in [-0.1, -0.05) is 26.8 Å². The van der Waals surface area contributed by atoms with Crippen LogP contribution in [0.1, 0.15) is 50.4 Å². The molecule has 0 unspecified atom stereocenters. The molecule has 2 amide bonds. The van der Waals surface area contributed by atoms with Crippen molar-refractivity contribution in [3.63, 3.8) is 0 Å². The summed E-state index contributed by atoms with van der Waals surface area (Å²) in [5.74, 6) is -0.483. The van der Waals surface area contributed by atoms with Gasteiger partial charge in [0.15, 0.2) is 0 Å². The van der Waals surface area contributed by atoms with E-state index in [1.54, 1.807) is 24.3 Å². The maximum atomic E-state index is 12.6. The lowest BCUT2D eigenvalue weighted by Gasteiger charge is -2.13. The van der Waals surface area contributed by atoms with Crippen molar-refractivity contribution in [1.29, 1.82) is 0 Å². The number of carbonyl (C=O) groups excluding carboxylic acids is 2. The molecule has 0 fully saturated rings. The minimum atomic E-state index is -3.55.